The SMILES string of the molecule is COc1ccc(-c2nc(C(=O)N3CCCC3c3ccc4c(c3)OCCO4)cs2)cc1OC. The molecule has 0 N–H and O–H groups in total. The lowest BCUT2D eigenvalue weighted by molar-refractivity contribution is 0.0730. The fraction of sp³-hybridized carbons (Fsp3) is 0.333. The van der Waals surface area contributed by atoms with Gasteiger partial charge in [0.2, 0.25) is 0 Å². The summed E-state index contributed by atoms with van der Waals surface area (Å²) in [6.45, 7) is 1.81. The van der Waals surface area contributed by atoms with Gasteiger partial charge in [0.05, 0.1) is 20.3 Å². The molecule has 0 aliphatic carbocycles. The molecule has 1 amide bonds. The van der Waals surface area contributed by atoms with E-state index in [-0.39, 0.29) is 11.9 Å². The Labute approximate surface area is 190 Å². The van der Waals surface area contributed by atoms with Crippen molar-refractivity contribution in [3.05, 3.63) is 53.0 Å². The monoisotopic (exact) mass is 452 g/mol. The number of ether oxygens (including phenoxy) is 4. The van der Waals surface area contributed by atoms with Crippen LogP contribution >= 0.6 is 11.3 Å². The van der Waals surface area contributed by atoms with Crippen LogP contribution in [0.25, 0.3) is 10.6 Å². The van der Waals surface area contributed by atoms with Crippen LogP contribution in [0.1, 0.15) is 34.9 Å². The fourth-order valence-electron chi connectivity index (χ4n) is 4.24. The first-order valence-corrected chi connectivity index (χ1v) is 11.4. The summed E-state index contributed by atoms with van der Waals surface area (Å²) in [4.78, 5) is 19.9. The average Bonchev–Trinajstić information content (AvgIpc) is 3.53. The largest absolute Gasteiger partial charge is 0.493 e. The Morgan fingerprint density at radius 3 is 2.69 bits per heavy atom. The van der Waals surface area contributed by atoms with E-state index in [1.54, 1.807) is 14.2 Å². The number of carbonyl (C=O) groups excluding carboxylic acids is 1. The normalized spacial score (nSPS) is 17.3. The quantitative estimate of drug-likeness (QED) is 0.565. The molecule has 32 heavy (non-hydrogen) atoms. The zero-order chi connectivity index (χ0) is 22.1. The highest BCUT2D eigenvalue weighted by molar-refractivity contribution is 7.13. The number of fused-ring (bicyclic) bond motifs is 1. The van der Waals surface area contributed by atoms with E-state index in [9.17, 15) is 4.79 Å². The smallest absolute Gasteiger partial charge is 0.273 e. The Morgan fingerprint density at radius 2 is 1.88 bits per heavy atom. The molecule has 8 heteroatoms. The number of aromatic nitrogens is 1. The maximum absolute atomic E-state index is 13.4. The van der Waals surface area contributed by atoms with Gasteiger partial charge in [-0.05, 0) is 48.7 Å². The van der Waals surface area contributed by atoms with Gasteiger partial charge in [0, 0.05) is 17.5 Å². The number of carbonyl (C=O) groups is 1. The molecule has 1 aromatic heterocycles. The first-order valence-electron chi connectivity index (χ1n) is 10.6. The molecule has 3 heterocycles. The van der Waals surface area contributed by atoms with Gasteiger partial charge in [-0.25, -0.2) is 4.98 Å². The molecule has 1 unspecified atom stereocenters. The fourth-order valence-corrected chi connectivity index (χ4v) is 5.04. The summed E-state index contributed by atoms with van der Waals surface area (Å²) in [5, 5.41) is 2.59. The van der Waals surface area contributed by atoms with Crippen LogP contribution in [0.2, 0.25) is 0 Å². The van der Waals surface area contributed by atoms with Gasteiger partial charge in [0.15, 0.2) is 23.0 Å². The lowest BCUT2D eigenvalue weighted by atomic mass is 10.0. The Hall–Kier alpha value is -3.26. The number of likely N-dealkylation sites (tertiary alicyclic amines) is 1. The molecule has 3 aromatic rings. The standard InChI is InChI=1S/C24H24N2O5S/c1-28-19-7-6-16(13-21(19)29-2)23-25-17(14-32-23)24(27)26-9-3-4-18(26)15-5-8-20-22(12-15)31-11-10-30-20/h5-8,12-14,18H,3-4,9-11H2,1-2H3. The molecule has 1 fully saturated rings. The number of nitrogens with zero attached hydrogens (tertiary/aromatic N) is 2. The van der Waals surface area contributed by atoms with Crippen molar-refractivity contribution < 1.29 is 23.7 Å². The van der Waals surface area contributed by atoms with Crippen LogP contribution in [-0.2, 0) is 0 Å². The average molecular weight is 453 g/mol. The summed E-state index contributed by atoms with van der Waals surface area (Å²) < 4.78 is 22.1. The van der Waals surface area contributed by atoms with Crippen LogP contribution in [0.5, 0.6) is 23.0 Å². The van der Waals surface area contributed by atoms with Crippen LogP contribution in [0.4, 0.5) is 0 Å². The number of benzene rings is 2. The molecule has 5 rings (SSSR count). The Bertz CT molecular complexity index is 1150. The van der Waals surface area contributed by atoms with E-state index in [1.165, 1.54) is 11.3 Å². The summed E-state index contributed by atoms with van der Waals surface area (Å²) in [5.74, 6) is 2.74. The van der Waals surface area contributed by atoms with Crippen molar-refractivity contribution in [2.24, 2.45) is 0 Å². The molecule has 0 radical (unpaired) electrons. The predicted molar refractivity (Wildman–Crippen MR) is 121 cm³/mol. The van der Waals surface area contributed by atoms with Crippen molar-refractivity contribution in [2.45, 2.75) is 18.9 Å². The van der Waals surface area contributed by atoms with Crippen molar-refractivity contribution in [3.8, 4) is 33.6 Å². The van der Waals surface area contributed by atoms with E-state index in [2.05, 4.69) is 4.98 Å². The highest BCUT2D eigenvalue weighted by Gasteiger charge is 2.32. The molecule has 2 aliphatic heterocycles. The Balaban J connectivity index is 1.38. The van der Waals surface area contributed by atoms with Gasteiger partial charge in [-0.2, -0.15) is 0 Å². The van der Waals surface area contributed by atoms with Crippen molar-refractivity contribution in [1.82, 2.24) is 9.88 Å². The van der Waals surface area contributed by atoms with Crippen molar-refractivity contribution in [1.29, 1.82) is 0 Å². The number of hydrogen-bond donors (Lipinski definition) is 0. The van der Waals surface area contributed by atoms with Crippen LogP contribution in [0, 0.1) is 0 Å². The van der Waals surface area contributed by atoms with Crippen LogP contribution in [0.15, 0.2) is 41.8 Å². The summed E-state index contributed by atoms with van der Waals surface area (Å²) in [6.07, 6.45) is 1.87. The molecule has 0 spiro atoms. The molecular weight excluding hydrogens is 428 g/mol. The number of thiazole rings is 1. The third-order valence-electron chi connectivity index (χ3n) is 5.82. The summed E-state index contributed by atoms with van der Waals surface area (Å²) in [6, 6.07) is 11.6. The second-order valence-corrected chi connectivity index (χ2v) is 8.53. The van der Waals surface area contributed by atoms with Crippen molar-refractivity contribution in [2.75, 3.05) is 34.0 Å². The second kappa shape index (κ2) is 8.70. The lowest BCUT2D eigenvalue weighted by Crippen LogP contribution is -2.30. The van der Waals surface area contributed by atoms with Gasteiger partial charge in [-0.1, -0.05) is 6.07 Å². The Morgan fingerprint density at radius 1 is 1.06 bits per heavy atom. The molecule has 0 bridgehead atoms. The van der Waals surface area contributed by atoms with Gasteiger partial charge >= 0.3 is 0 Å². The Kier molecular flexibility index (Phi) is 5.61. The van der Waals surface area contributed by atoms with E-state index in [0.29, 0.717) is 37.0 Å². The molecular formula is C24H24N2O5S. The third kappa shape index (κ3) is 3.75. The van der Waals surface area contributed by atoms with Crippen LogP contribution in [0.3, 0.4) is 0 Å². The van der Waals surface area contributed by atoms with E-state index in [0.717, 1.165) is 40.5 Å². The number of hydrogen-bond acceptors (Lipinski definition) is 7. The van der Waals surface area contributed by atoms with Gasteiger partial charge in [-0.3, -0.25) is 4.79 Å². The summed E-state index contributed by atoms with van der Waals surface area (Å²) in [5.41, 5.74) is 2.41. The second-order valence-electron chi connectivity index (χ2n) is 7.67. The molecule has 7 nitrogen and oxygen atoms in total. The van der Waals surface area contributed by atoms with Gasteiger partial charge in [0.25, 0.3) is 5.91 Å². The van der Waals surface area contributed by atoms with Gasteiger partial charge in [-0.15, -0.1) is 11.3 Å². The van der Waals surface area contributed by atoms with Crippen LogP contribution in [-0.4, -0.2) is 49.8 Å². The maximum atomic E-state index is 13.4. The molecule has 166 valence electrons. The minimum absolute atomic E-state index is 0.00422. The topological polar surface area (TPSA) is 70.1 Å². The minimum atomic E-state index is -0.0506. The number of rotatable bonds is 5. The van der Waals surface area contributed by atoms with Crippen LogP contribution < -0.4 is 18.9 Å². The summed E-state index contributed by atoms with van der Waals surface area (Å²) in [7, 11) is 3.20. The zero-order valence-electron chi connectivity index (χ0n) is 18.0. The molecule has 2 aromatic carbocycles. The van der Waals surface area contributed by atoms with E-state index in [1.807, 2.05) is 46.7 Å². The van der Waals surface area contributed by atoms with Crippen molar-refractivity contribution >= 4 is 17.2 Å². The van der Waals surface area contributed by atoms with Gasteiger partial charge < -0.3 is 23.8 Å². The molecule has 1 saturated heterocycles. The highest BCUT2D eigenvalue weighted by Crippen LogP contribution is 2.39. The van der Waals surface area contributed by atoms with Gasteiger partial charge in [0.1, 0.15) is 23.9 Å². The molecule has 1 atom stereocenters. The molecule has 2 aliphatic rings. The summed E-state index contributed by atoms with van der Waals surface area (Å²) >= 11 is 1.45. The zero-order valence-corrected chi connectivity index (χ0v) is 18.8. The van der Waals surface area contributed by atoms with E-state index < -0.39 is 0 Å². The first kappa shape index (κ1) is 20.6. The van der Waals surface area contributed by atoms with Crippen molar-refractivity contribution in [3.63, 3.8) is 0 Å². The third-order valence-corrected chi connectivity index (χ3v) is 6.71. The first-order chi connectivity index (χ1) is 15.7. The lowest BCUT2D eigenvalue weighted by Gasteiger charge is -2.26. The van der Waals surface area contributed by atoms with E-state index >= 15 is 0 Å². The highest BCUT2D eigenvalue weighted by atomic mass is 32.1. The number of methoxy groups -OCH3 is 2. The predicted octanol–water partition coefficient (Wildman–Crippen LogP) is 4.58. The van der Waals surface area contributed by atoms with E-state index in [4.69, 9.17) is 18.9 Å². The number of amides is 1. The minimum Gasteiger partial charge on any atom is -0.493 e. The molecule has 0 saturated carbocycles. The maximum Gasteiger partial charge on any atom is 0.273 e.